The molecule has 0 saturated heterocycles. The first-order valence-corrected chi connectivity index (χ1v) is 17.5. The Kier molecular flexibility index (Phi) is 7.30. The minimum Gasteiger partial charge on any atom is -0.486 e. The molecule has 0 spiro atoms. The SMILES string of the molecule is C1=C[C@H]2C(CC1)Oc1ccccc1N2C1C=C(c2cc(-c3ncncn3)cc(-c3ncncn3)c2)C=C(N2c3ccccc3Oc3ccccc32)C1. The summed E-state index contributed by atoms with van der Waals surface area (Å²) in [6.45, 7) is 0. The van der Waals surface area contributed by atoms with E-state index >= 15 is 0 Å². The molecule has 0 amide bonds. The van der Waals surface area contributed by atoms with E-state index in [4.69, 9.17) is 9.47 Å². The van der Waals surface area contributed by atoms with E-state index in [0.717, 1.165) is 81.5 Å². The number of para-hydroxylation sites is 6. The molecule has 4 aromatic carbocycles. The van der Waals surface area contributed by atoms with E-state index in [9.17, 15) is 0 Å². The zero-order valence-electron chi connectivity index (χ0n) is 28.0. The molecule has 0 N–H and O–H groups in total. The third-order valence-electron chi connectivity index (χ3n) is 10.0. The Morgan fingerprint density at radius 3 is 1.87 bits per heavy atom. The molecule has 2 aliphatic heterocycles. The van der Waals surface area contributed by atoms with Crippen molar-refractivity contribution in [2.45, 2.75) is 37.5 Å². The highest BCUT2D eigenvalue weighted by atomic mass is 16.5. The van der Waals surface area contributed by atoms with E-state index < -0.39 is 0 Å². The van der Waals surface area contributed by atoms with Crippen LogP contribution < -0.4 is 19.3 Å². The number of hydrogen-bond donors (Lipinski definition) is 0. The maximum Gasteiger partial charge on any atom is 0.162 e. The van der Waals surface area contributed by atoms with Gasteiger partial charge in [-0.05, 0) is 84.7 Å². The lowest BCUT2D eigenvalue weighted by Gasteiger charge is -2.48. The van der Waals surface area contributed by atoms with E-state index in [2.05, 4.69) is 125 Å². The molecule has 2 unspecified atom stereocenters. The molecule has 0 radical (unpaired) electrons. The third-order valence-corrected chi connectivity index (χ3v) is 10.0. The van der Waals surface area contributed by atoms with Crippen LogP contribution in [0.3, 0.4) is 0 Å². The second-order valence-electron chi connectivity index (χ2n) is 13.2. The molecule has 4 heterocycles. The molecule has 10 heteroatoms. The highest BCUT2D eigenvalue weighted by Crippen LogP contribution is 2.51. The van der Waals surface area contributed by atoms with Gasteiger partial charge in [-0.25, -0.2) is 29.9 Å². The number of benzene rings is 4. The standard InChI is InChI=1S/C42H32N8O2/c1-5-13-37-33(9-1)49(34-10-2-6-14-38(34)51-37)31-20-28(21-32(22-31)50-35-11-3-7-15-39(35)52-40-16-8-4-12-36(40)50)27-17-29(41-45-23-43-24-46-41)19-30(18-27)42-47-25-44-26-48-42/h1-7,9-15,17-21,23-26,32,36,40H,8,16,22H2/t32?,36-,40?/m0/s1. The quantitative estimate of drug-likeness (QED) is 0.165. The van der Waals surface area contributed by atoms with Crippen LogP contribution in [0.15, 0.2) is 146 Å². The van der Waals surface area contributed by atoms with Gasteiger partial charge in [0, 0.05) is 23.2 Å². The van der Waals surface area contributed by atoms with Crippen molar-refractivity contribution in [2.75, 3.05) is 9.80 Å². The summed E-state index contributed by atoms with van der Waals surface area (Å²) in [6, 6.07) is 31.3. The normalized spacial score (nSPS) is 19.9. The maximum atomic E-state index is 6.64. The highest BCUT2D eigenvalue weighted by Gasteiger charge is 2.40. The molecule has 2 aromatic heterocycles. The molecule has 252 valence electrons. The van der Waals surface area contributed by atoms with Gasteiger partial charge < -0.3 is 19.3 Å². The second-order valence-corrected chi connectivity index (χ2v) is 13.2. The van der Waals surface area contributed by atoms with Gasteiger partial charge in [-0.15, -0.1) is 0 Å². The zero-order valence-corrected chi connectivity index (χ0v) is 28.0. The van der Waals surface area contributed by atoms with Gasteiger partial charge in [0.2, 0.25) is 0 Å². The molecule has 3 atom stereocenters. The maximum absolute atomic E-state index is 6.64. The van der Waals surface area contributed by atoms with Crippen molar-refractivity contribution in [2.24, 2.45) is 0 Å². The fourth-order valence-electron chi connectivity index (χ4n) is 7.81. The summed E-state index contributed by atoms with van der Waals surface area (Å²) in [6.07, 6.45) is 18.1. The molecule has 2 aliphatic carbocycles. The lowest BCUT2D eigenvalue weighted by atomic mass is 9.87. The smallest absolute Gasteiger partial charge is 0.162 e. The van der Waals surface area contributed by atoms with Gasteiger partial charge in [0.15, 0.2) is 23.1 Å². The number of hydrogen-bond acceptors (Lipinski definition) is 10. The Hall–Kier alpha value is -6.68. The van der Waals surface area contributed by atoms with Crippen molar-refractivity contribution in [3.63, 3.8) is 0 Å². The Morgan fingerprint density at radius 2 is 1.21 bits per heavy atom. The minimum absolute atomic E-state index is 0.0288. The number of ether oxygens (including phenoxy) is 2. The first-order chi connectivity index (χ1) is 25.8. The van der Waals surface area contributed by atoms with Crippen LogP contribution in [0, 0.1) is 0 Å². The summed E-state index contributed by atoms with van der Waals surface area (Å²) in [5.74, 6) is 3.68. The van der Waals surface area contributed by atoms with Crippen LogP contribution in [0.2, 0.25) is 0 Å². The Balaban J connectivity index is 1.19. The molecule has 10 rings (SSSR count). The summed E-state index contributed by atoms with van der Waals surface area (Å²) in [5.41, 5.74) is 7.93. The van der Waals surface area contributed by atoms with Gasteiger partial charge in [0.1, 0.15) is 37.2 Å². The fraction of sp³-hybridized carbons (Fsp3) is 0.143. The number of aromatic nitrogens is 6. The summed E-state index contributed by atoms with van der Waals surface area (Å²) in [7, 11) is 0. The number of allylic oxidation sites excluding steroid dienone is 3. The highest BCUT2D eigenvalue weighted by molar-refractivity contribution is 5.87. The van der Waals surface area contributed by atoms with Crippen LogP contribution in [0.4, 0.5) is 17.1 Å². The summed E-state index contributed by atoms with van der Waals surface area (Å²) in [4.78, 5) is 31.1. The average Bonchev–Trinajstić information content (AvgIpc) is 3.22. The van der Waals surface area contributed by atoms with Crippen molar-refractivity contribution in [1.82, 2.24) is 29.9 Å². The molecule has 0 bridgehead atoms. The van der Waals surface area contributed by atoms with Crippen molar-refractivity contribution >= 4 is 22.6 Å². The van der Waals surface area contributed by atoms with Gasteiger partial charge >= 0.3 is 0 Å². The van der Waals surface area contributed by atoms with Gasteiger partial charge in [0.25, 0.3) is 0 Å². The van der Waals surface area contributed by atoms with Crippen molar-refractivity contribution in [3.8, 4) is 40.0 Å². The fourth-order valence-corrected chi connectivity index (χ4v) is 7.81. The zero-order chi connectivity index (χ0) is 34.4. The Labute approximate surface area is 300 Å². The number of nitrogens with zero attached hydrogens (tertiary/aromatic N) is 8. The Morgan fingerprint density at radius 1 is 0.635 bits per heavy atom. The van der Waals surface area contributed by atoms with E-state index in [-0.39, 0.29) is 18.2 Å². The monoisotopic (exact) mass is 680 g/mol. The van der Waals surface area contributed by atoms with Crippen LogP contribution in [0.1, 0.15) is 24.8 Å². The van der Waals surface area contributed by atoms with Crippen LogP contribution in [-0.4, -0.2) is 48.1 Å². The van der Waals surface area contributed by atoms with E-state index in [0.29, 0.717) is 11.6 Å². The van der Waals surface area contributed by atoms with E-state index in [1.807, 2.05) is 30.3 Å². The van der Waals surface area contributed by atoms with Crippen LogP contribution in [0.5, 0.6) is 17.2 Å². The van der Waals surface area contributed by atoms with Crippen LogP contribution in [-0.2, 0) is 0 Å². The third kappa shape index (κ3) is 5.27. The van der Waals surface area contributed by atoms with Crippen molar-refractivity contribution in [1.29, 1.82) is 0 Å². The molecule has 0 saturated carbocycles. The van der Waals surface area contributed by atoms with Gasteiger partial charge in [0.05, 0.1) is 29.1 Å². The second kappa shape index (κ2) is 12.6. The number of rotatable bonds is 5. The lowest BCUT2D eigenvalue weighted by molar-refractivity contribution is 0.151. The van der Waals surface area contributed by atoms with Gasteiger partial charge in [-0.1, -0.05) is 54.6 Å². The summed E-state index contributed by atoms with van der Waals surface area (Å²) < 4.78 is 13.1. The first kappa shape index (κ1) is 30.2. The molecular formula is C42H32N8O2. The number of fused-ring (bicyclic) bond motifs is 4. The number of anilines is 3. The predicted octanol–water partition coefficient (Wildman–Crippen LogP) is 8.36. The largest absolute Gasteiger partial charge is 0.486 e. The van der Waals surface area contributed by atoms with Crippen LogP contribution in [0.25, 0.3) is 28.3 Å². The van der Waals surface area contributed by atoms with Crippen LogP contribution >= 0.6 is 0 Å². The van der Waals surface area contributed by atoms with Crippen molar-refractivity contribution in [3.05, 3.63) is 152 Å². The van der Waals surface area contributed by atoms with Crippen molar-refractivity contribution < 1.29 is 9.47 Å². The summed E-state index contributed by atoms with van der Waals surface area (Å²) >= 11 is 0. The van der Waals surface area contributed by atoms with E-state index in [1.165, 1.54) is 25.3 Å². The van der Waals surface area contributed by atoms with E-state index in [1.54, 1.807) is 0 Å². The first-order valence-electron chi connectivity index (χ1n) is 17.5. The molecular weight excluding hydrogens is 649 g/mol. The van der Waals surface area contributed by atoms with Gasteiger partial charge in [-0.2, -0.15) is 0 Å². The minimum atomic E-state index is -0.0288. The lowest BCUT2D eigenvalue weighted by Crippen LogP contribution is -2.54. The topological polar surface area (TPSA) is 102 Å². The Bertz CT molecular complexity index is 2290. The molecule has 6 aromatic rings. The molecule has 4 aliphatic rings. The predicted molar refractivity (Wildman–Crippen MR) is 199 cm³/mol. The molecule has 52 heavy (non-hydrogen) atoms. The average molecular weight is 681 g/mol. The molecule has 0 fully saturated rings. The summed E-state index contributed by atoms with van der Waals surface area (Å²) in [5, 5.41) is 0. The van der Waals surface area contributed by atoms with Gasteiger partial charge in [-0.3, -0.25) is 0 Å². The molecule has 10 nitrogen and oxygen atoms in total.